The van der Waals surface area contributed by atoms with Gasteiger partial charge in [-0.3, -0.25) is 4.79 Å². The van der Waals surface area contributed by atoms with Crippen LogP contribution in [0, 0.1) is 0 Å². The average Bonchev–Trinajstić information content (AvgIpc) is 3.20. The molecule has 2 heterocycles. The maximum absolute atomic E-state index is 12.9. The van der Waals surface area contributed by atoms with Gasteiger partial charge in [0.2, 0.25) is 0 Å². The molecule has 1 aromatic heterocycles. The van der Waals surface area contributed by atoms with E-state index in [9.17, 15) is 13.2 Å². The third kappa shape index (κ3) is 3.88. The van der Waals surface area contributed by atoms with Crippen molar-refractivity contribution in [1.82, 2.24) is 4.90 Å². The van der Waals surface area contributed by atoms with Crippen molar-refractivity contribution in [2.24, 2.45) is 0 Å². The summed E-state index contributed by atoms with van der Waals surface area (Å²) in [5, 5.41) is 1.47. The Hall–Kier alpha value is -2.44. The van der Waals surface area contributed by atoms with Crippen LogP contribution in [0.1, 0.15) is 27.6 Å². The standard InChI is InChI=1S/C22H21NO3S2/c24-22(19-10-8-17(9-11-19)20-7-4-15-27-20)23-13-12-21(28(25,26)16-14-23)18-5-2-1-3-6-18/h1-11,15,21H,12-14,16H2. The van der Waals surface area contributed by atoms with Gasteiger partial charge in [-0.05, 0) is 41.1 Å². The maximum atomic E-state index is 12.9. The zero-order valence-corrected chi connectivity index (χ0v) is 17.0. The molecule has 1 atom stereocenters. The van der Waals surface area contributed by atoms with Gasteiger partial charge in [-0.1, -0.05) is 48.5 Å². The number of benzene rings is 2. The Morgan fingerprint density at radius 1 is 0.929 bits per heavy atom. The van der Waals surface area contributed by atoms with E-state index in [1.165, 1.54) is 0 Å². The fraction of sp³-hybridized carbons (Fsp3) is 0.227. The highest BCUT2D eigenvalue weighted by Gasteiger charge is 2.32. The van der Waals surface area contributed by atoms with E-state index in [4.69, 9.17) is 0 Å². The van der Waals surface area contributed by atoms with Crippen LogP contribution in [0.25, 0.3) is 10.4 Å². The van der Waals surface area contributed by atoms with E-state index >= 15 is 0 Å². The molecule has 1 aliphatic rings. The molecular formula is C22H21NO3S2. The molecule has 1 fully saturated rings. The monoisotopic (exact) mass is 411 g/mol. The maximum Gasteiger partial charge on any atom is 0.253 e. The van der Waals surface area contributed by atoms with Gasteiger partial charge in [0, 0.05) is 23.5 Å². The van der Waals surface area contributed by atoms with Crippen LogP contribution in [-0.2, 0) is 9.84 Å². The molecule has 1 amide bonds. The number of carbonyl (C=O) groups excluding carboxylic acids is 1. The number of hydrogen-bond acceptors (Lipinski definition) is 4. The van der Waals surface area contributed by atoms with Gasteiger partial charge in [-0.15, -0.1) is 11.3 Å². The molecule has 0 saturated carbocycles. The summed E-state index contributed by atoms with van der Waals surface area (Å²) < 4.78 is 25.5. The first-order valence-electron chi connectivity index (χ1n) is 9.24. The van der Waals surface area contributed by atoms with Crippen LogP contribution in [0.15, 0.2) is 72.1 Å². The van der Waals surface area contributed by atoms with E-state index in [1.54, 1.807) is 16.2 Å². The lowest BCUT2D eigenvalue weighted by Gasteiger charge is -2.20. The molecule has 0 bridgehead atoms. The first-order chi connectivity index (χ1) is 13.5. The van der Waals surface area contributed by atoms with Crippen molar-refractivity contribution in [3.05, 3.63) is 83.2 Å². The Morgan fingerprint density at radius 3 is 2.36 bits per heavy atom. The van der Waals surface area contributed by atoms with Gasteiger partial charge < -0.3 is 4.90 Å². The van der Waals surface area contributed by atoms with Gasteiger partial charge in [0.05, 0.1) is 11.0 Å². The molecule has 1 saturated heterocycles. The Morgan fingerprint density at radius 2 is 1.68 bits per heavy atom. The van der Waals surface area contributed by atoms with Gasteiger partial charge in [0.15, 0.2) is 9.84 Å². The minimum atomic E-state index is -3.29. The minimum absolute atomic E-state index is 0.00835. The molecule has 3 aromatic rings. The van der Waals surface area contributed by atoms with Gasteiger partial charge in [0.25, 0.3) is 5.91 Å². The SMILES string of the molecule is O=C(c1ccc(-c2cccs2)cc1)N1CCC(c2ccccc2)S(=O)(=O)CC1. The van der Waals surface area contributed by atoms with Gasteiger partial charge >= 0.3 is 0 Å². The summed E-state index contributed by atoms with van der Waals surface area (Å²) in [5.41, 5.74) is 2.47. The van der Waals surface area contributed by atoms with Crippen LogP contribution in [0.5, 0.6) is 0 Å². The molecule has 2 aromatic carbocycles. The quantitative estimate of drug-likeness (QED) is 0.641. The van der Waals surface area contributed by atoms with Crippen LogP contribution in [0.3, 0.4) is 0 Å². The van der Waals surface area contributed by atoms with Crippen molar-refractivity contribution in [2.45, 2.75) is 11.7 Å². The van der Waals surface area contributed by atoms with Crippen molar-refractivity contribution >= 4 is 27.1 Å². The van der Waals surface area contributed by atoms with Crippen molar-refractivity contribution < 1.29 is 13.2 Å². The number of nitrogens with zero attached hydrogens (tertiary/aromatic N) is 1. The smallest absolute Gasteiger partial charge is 0.253 e. The van der Waals surface area contributed by atoms with Crippen LogP contribution < -0.4 is 0 Å². The van der Waals surface area contributed by atoms with E-state index in [-0.39, 0.29) is 18.2 Å². The van der Waals surface area contributed by atoms with Gasteiger partial charge in [0.1, 0.15) is 0 Å². The zero-order valence-electron chi connectivity index (χ0n) is 15.3. The van der Waals surface area contributed by atoms with Crippen molar-refractivity contribution in [2.75, 3.05) is 18.8 Å². The highest BCUT2D eigenvalue weighted by Crippen LogP contribution is 2.30. The number of rotatable bonds is 3. The summed E-state index contributed by atoms with van der Waals surface area (Å²) in [6.45, 7) is 0.668. The highest BCUT2D eigenvalue weighted by molar-refractivity contribution is 7.91. The Bertz CT molecular complexity index is 1040. The number of carbonyl (C=O) groups is 1. The molecule has 1 aliphatic heterocycles. The summed E-state index contributed by atoms with van der Waals surface area (Å²) >= 11 is 1.66. The largest absolute Gasteiger partial charge is 0.338 e. The predicted octanol–water partition coefficient (Wildman–Crippen LogP) is 4.42. The average molecular weight is 412 g/mol. The Balaban J connectivity index is 1.51. The topological polar surface area (TPSA) is 54.5 Å². The van der Waals surface area contributed by atoms with E-state index in [2.05, 4.69) is 0 Å². The first kappa shape index (κ1) is 18.9. The van der Waals surface area contributed by atoms with E-state index in [0.717, 1.165) is 16.0 Å². The number of amides is 1. The second-order valence-electron chi connectivity index (χ2n) is 6.90. The molecule has 1 unspecified atom stereocenters. The van der Waals surface area contributed by atoms with E-state index in [1.807, 2.05) is 72.1 Å². The van der Waals surface area contributed by atoms with Gasteiger partial charge in [-0.2, -0.15) is 0 Å². The second-order valence-corrected chi connectivity index (χ2v) is 10.2. The fourth-order valence-electron chi connectivity index (χ4n) is 3.59. The summed E-state index contributed by atoms with van der Waals surface area (Å²) in [6, 6.07) is 20.9. The summed E-state index contributed by atoms with van der Waals surface area (Å²) in [7, 11) is -3.29. The molecule has 0 spiro atoms. The van der Waals surface area contributed by atoms with Crippen LogP contribution in [0.2, 0.25) is 0 Å². The van der Waals surface area contributed by atoms with Crippen LogP contribution >= 0.6 is 11.3 Å². The third-order valence-electron chi connectivity index (χ3n) is 5.14. The molecule has 4 rings (SSSR count). The van der Waals surface area contributed by atoms with Crippen molar-refractivity contribution in [3.8, 4) is 10.4 Å². The second kappa shape index (κ2) is 7.89. The van der Waals surface area contributed by atoms with Crippen LogP contribution in [-0.4, -0.2) is 38.1 Å². The van der Waals surface area contributed by atoms with Crippen molar-refractivity contribution in [3.63, 3.8) is 0 Å². The molecule has 28 heavy (non-hydrogen) atoms. The molecule has 144 valence electrons. The first-order valence-corrected chi connectivity index (χ1v) is 11.8. The summed E-state index contributed by atoms with van der Waals surface area (Å²) in [5.74, 6) is -0.118. The molecule has 6 heteroatoms. The third-order valence-corrected chi connectivity index (χ3v) is 8.18. The minimum Gasteiger partial charge on any atom is -0.338 e. The molecule has 0 radical (unpaired) electrons. The van der Waals surface area contributed by atoms with E-state index < -0.39 is 15.1 Å². The Labute approximate surface area is 169 Å². The summed E-state index contributed by atoms with van der Waals surface area (Å²) in [6.07, 6.45) is 0.422. The number of thiophene rings is 1. The predicted molar refractivity (Wildman–Crippen MR) is 113 cm³/mol. The normalized spacial score (nSPS) is 19.1. The molecule has 0 aliphatic carbocycles. The highest BCUT2D eigenvalue weighted by atomic mass is 32.2. The molecular weight excluding hydrogens is 390 g/mol. The van der Waals surface area contributed by atoms with Gasteiger partial charge in [-0.25, -0.2) is 8.42 Å². The lowest BCUT2D eigenvalue weighted by Crippen LogP contribution is -2.33. The number of hydrogen-bond donors (Lipinski definition) is 0. The summed E-state index contributed by atoms with van der Waals surface area (Å²) in [4.78, 5) is 15.8. The zero-order chi connectivity index (χ0) is 19.6. The fourth-order valence-corrected chi connectivity index (χ4v) is 6.12. The lowest BCUT2D eigenvalue weighted by molar-refractivity contribution is 0.0766. The number of sulfone groups is 1. The Kier molecular flexibility index (Phi) is 5.33. The van der Waals surface area contributed by atoms with E-state index in [0.29, 0.717) is 18.5 Å². The lowest BCUT2D eigenvalue weighted by atomic mass is 10.1. The van der Waals surface area contributed by atoms with Crippen molar-refractivity contribution in [1.29, 1.82) is 0 Å². The molecule has 0 N–H and O–H groups in total. The molecule has 4 nitrogen and oxygen atoms in total. The van der Waals surface area contributed by atoms with Crippen LogP contribution in [0.4, 0.5) is 0 Å².